The zero-order valence-electron chi connectivity index (χ0n) is 15.4. The number of halogens is 4. The van der Waals surface area contributed by atoms with Crippen molar-refractivity contribution in [2.75, 3.05) is 5.32 Å². The molecule has 2 aliphatic rings. The predicted octanol–water partition coefficient (Wildman–Crippen LogP) is 9.16. The number of hydrogen-bond donors (Lipinski definition) is 1. The van der Waals surface area contributed by atoms with E-state index in [4.69, 9.17) is 0 Å². The lowest BCUT2D eigenvalue weighted by atomic mass is 9.65. The summed E-state index contributed by atoms with van der Waals surface area (Å²) in [5.41, 5.74) is 9.44. The van der Waals surface area contributed by atoms with Crippen molar-refractivity contribution in [3.63, 3.8) is 0 Å². The summed E-state index contributed by atoms with van der Waals surface area (Å²) >= 11 is 15.1. The Bertz CT molecular complexity index is 1270. The molecule has 1 N–H and O–H groups in total. The third-order valence-corrected chi connectivity index (χ3v) is 8.45. The van der Waals surface area contributed by atoms with Crippen LogP contribution in [0.25, 0.3) is 11.1 Å². The maximum atomic E-state index is 3.80. The molecule has 0 bridgehead atoms. The lowest BCUT2D eigenvalue weighted by Crippen LogP contribution is -2.33. The van der Waals surface area contributed by atoms with Gasteiger partial charge in [0, 0.05) is 17.9 Å². The topological polar surface area (TPSA) is 12.0 Å². The Balaban J connectivity index is 1.89. The Hall–Kier alpha value is -1.40. The molecule has 0 aromatic heterocycles. The normalized spacial score (nSPS) is 14.5. The van der Waals surface area contributed by atoms with Gasteiger partial charge in [-0.3, -0.25) is 0 Å². The van der Waals surface area contributed by atoms with Gasteiger partial charge in [-0.05, 0) is 102 Å². The van der Waals surface area contributed by atoms with Crippen molar-refractivity contribution in [1.29, 1.82) is 0 Å². The van der Waals surface area contributed by atoms with Crippen LogP contribution in [-0.2, 0) is 5.41 Å². The molecule has 0 radical (unpaired) electrons. The first-order valence-corrected chi connectivity index (χ1v) is 12.6. The van der Waals surface area contributed by atoms with Crippen LogP contribution in [0.4, 0.5) is 11.4 Å². The van der Waals surface area contributed by atoms with Gasteiger partial charge in [-0.2, -0.15) is 0 Å². The third kappa shape index (κ3) is 2.44. The van der Waals surface area contributed by atoms with Crippen molar-refractivity contribution in [3.8, 4) is 11.1 Å². The smallest absolute Gasteiger partial charge is 0.0755 e. The maximum absolute atomic E-state index is 3.80. The highest BCUT2D eigenvalue weighted by Crippen LogP contribution is 2.63. The fourth-order valence-electron chi connectivity index (χ4n) is 5.05. The molecule has 1 aliphatic heterocycles. The molecular weight excluding hydrogens is 634 g/mol. The first-order chi connectivity index (χ1) is 14.5. The number of nitrogens with one attached hydrogen (secondary N) is 1. The molecular formula is C25H13Br4N. The third-order valence-electron chi connectivity index (χ3n) is 6.15. The molecule has 0 unspecified atom stereocenters. The number of para-hydroxylation sites is 2. The summed E-state index contributed by atoms with van der Waals surface area (Å²) < 4.78 is 4.28. The van der Waals surface area contributed by atoms with E-state index in [1.165, 1.54) is 33.4 Å². The highest BCUT2D eigenvalue weighted by atomic mass is 79.9. The van der Waals surface area contributed by atoms with Gasteiger partial charge in [0.15, 0.2) is 0 Å². The van der Waals surface area contributed by atoms with Crippen LogP contribution in [-0.4, -0.2) is 0 Å². The summed E-state index contributed by atoms with van der Waals surface area (Å²) in [6.45, 7) is 0. The molecule has 1 nitrogen and oxygen atoms in total. The van der Waals surface area contributed by atoms with Crippen LogP contribution in [0.3, 0.4) is 0 Å². The van der Waals surface area contributed by atoms with Crippen molar-refractivity contribution in [2.24, 2.45) is 0 Å². The molecule has 4 aromatic carbocycles. The molecule has 0 saturated carbocycles. The molecule has 0 atom stereocenters. The standard InChI is InChI=1S/C25H13Br4N/c26-13-7-9-15-16-10-8-14(27)12-20(16)25(19(15)11-13)17-3-1-5-21(28)23(17)30-24-18(25)4-2-6-22(24)29/h1-12,30H. The molecule has 6 rings (SSSR count). The van der Waals surface area contributed by atoms with E-state index in [1.807, 2.05) is 0 Å². The monoisotopic (exact) mass is 643 g/mol. The number of hydrogen-bond acceptors (Lipinski definition) is 1. The van der Waals surface area contributed by atoms with Crippen LogP contribution in [0.1, 0.15) is 22.3 Å². The second-order valence-electron chi connectivity index (χ2n) is 7.58. The molecule has 4 aromatic rings. The molecule has 0 amide bonds. The lowest BCUT2D eigenvalue weighted by Gasteiger charge is -2.41. The second kappa shape index (κ2) is 6.80. The fourth-order valence-corrected chi connectivity index (χ4v) is 6.70. The van der Waals surface area contributed by atoms with Crippen molar-refractivity contribution >= 4 is 75.1 Å². The van der Waals surface area contributed by atoms with E-state index >= 15 is 0 Å². The molecule has 1 aliphatic carbocycles. The second-order valence-corrected chi connectivity index (χ2v) is 11.1. The zero-order chi connectivity index (χ0) is 20.6. The van der Waals surface area contributed by atoms with E-state index in [9.17, 15) is 0 Å². The summed E-state index contributed by atoms with van der Waals surface area (Å²) in [5.74, 6) is 0. The van der Waals surface area contributed by atoms with Crippen LogP contribution in [0.5, 0.6) is 0 Å². The Morgan fingerprint density at radius 1 is 0.533 bits per heavy atom. The van der Waals surface area contributed by atoms with Crippen LogP contribution in [0, 0.1) is 0 Å². The van der Waals surface area contributed by atoms with Gasteiger partial charge in [-0.1, -0.05) is 68.3 Å². The summed E-state index contributed by atoms with van der Waals surface area (Å²) in [4.78, 5) is 0. The minimum Gasteiger partial charge on any atom is -0.353 e. The van der Waals surface area contributed by atoms with Gasteiger partial charge in [0.2, 0.25) is 0 Å². The molecule has 30 heavy (non-hydrogen) atoms. The number of benzene rings is 4. The van der Waals surface area contributed by atoms with E-state index in [0.717, 1.165) is 29.3 Å². The Kier molecular flexibility index (Phi) is 4.37. The molecule has 146 valence electrons. The first-order valence-electron chi connectivity index (χ1n) is 9.47. The number of anilines is 2. The fraction of sp³-hybridized carbons (Fsp3) is 0.0400. The van der Waals surface area contributed by atoms with Gasteiger partial charge in [0.05, 0.1) is 16.8 Å². The van der Waals surface area contributed by atoms with Crippen molar-refractivity contribution in [2.45, 2.75) is 5.41 Å². The average Bonchev–Trinajstić information content (AvgIpc) is 2.99. The summed E-state index contributed by atoms with van der Waals surface area (Å²) in [7, 11) is 0. The predicted molar refractivity (Wildman–Crippen MR) is 138 cm³/mol. The van der Waals surface area contributed by atoms with Crippen LogP contribution >= 0.6 is 63.7 Å². The highest BCUT2D eigenvalue weighted by Gasteiger charge is 2.51. The van der Waals surface area contributed by atoms with E-state index in [1.54, 1.807) is 0 Å². The van der Waals surface area contributed by atoms with E-state index < -0.39 is 5.41 Å². The van der Waals surface area contributed by atoms with Gasteiger partial charge in [-0.15, -0.1) is 0 Å². The van der Waals surface area contributed by atoms with Gasteiger partial charge < -0.3 is 5.32 Å². The SMILES string of the molecule is Brc1ccc2c(c1)C1(c3cc(Br)ccc3-2)c2cccc(Br)c2Nc2c(Br)cccc21. The van der Waals surface area contributed by atoms with E-state index in [0.29, 0.717) is 0 Å². The number of fused-ring (bicyclic) bond motifs is 9. The summed E-state index contributed by atoms with van der Waals surface area (Å²) in [5, 5.41) is 3.70. The average molecular weight is 647 g/mol. The Morgan fingerprint density at radius 2 is 1.00 bits per heavy atom. The molecule has 5 heteroatoms. The van der Waals surface area contributed by atoms with Gasteiger partial charge in [0.1, 0.15) is 0 Å². The molecule has 0 saturated heterocycles. The van der Waals surface area contributed by atoms with Crippen LogP contribution in [0.15, 0.2) is 90.7 Å². The quantitative estimate of drug-likeness (QED) is 0.174. The molecule has 0 fully saturated rings. The lowest BCUT2D eigenvalue weighted by molar-refractivity contribution is 0.760. The Labute approximate surface area is 208 Å². The Morgan fingerprint density at radius 3 is 1.47 bits per heavy atom. The van der Waals surface area contributed by atoms with Crippen LogP contribution in [0.2, 0.25) is 0 Å². The van der Waals surface area contributed by atoms with Crippen LogP contribution < -0.4 is 5.32 Å². The highest BCUT2D eigenvalue weighted by molar-refractivity contribution is 9.11. The van der Waals surface area contributed by atoms with Gasteiger partial charge >= 0.3 is 0 Å². The summed E-state index contributed by atoms with van der Waals surface area (Å²) in [6, 6.07) is 26.2. The minimum atomic E-state index is -0.415. The van der Waals surface area contributed by atoms with E-state index in [-0.39, 0.29) is 0 Å². The maximum Gasteiger partial charge on any atom is 0.0755 e. The number of rotatable bonds is 0. The van der Waals surface area contributed by atoms with E-state index in [2.05, 4.69) is 142 Å². The summed E-state index contributed by atoms with van der Waals surface area (Å²) in [6.07, 6.45) is 0. The van der Waals surface area contributed by atoms with Gasteiger partial charge in [-0.25, -0.2) is 0 Å². The minimum absolute atomic E-state index is 0.415. The first kappa shape index (κ1) is 19.3. The molecule has 1 heterocycles. The van der Waals surface area contributed by atoms with Crippen molar-refractivity contribution in [1.82, 2.24) is 0 Å². The zero-order valence-corrected chi connectivity index (χ0v) is 21.8. The van der Waals surface area contributed by atoms with Gasteiger partial charge in [0.25, 0.3) is 0 Å². The van der Waals surface area contributed by atoms with Crippen molar-refractivity contribution in [3.05, 3.63) is 113 Å². The molecule has 1 spiro atoms. The largest absolute Gasteiger partial charge is 0.353 e. The van der Waals surface area contributed by atoms with Crippen molar-refractivity contribution < 1.29 is 0 Å².